The Bertz CT molecular complexity index is 781. The average Bonchev–Trinajstić information content (AvgIpc) is 3.29. The maximum Gasteiger partial charge on any atom is 0.257 e. The van der Waals surface area contributed by atoms with Crippen molar-refractivity contribution in [3.8, 4) is 0 Å². The number of Topliss-reactive ketones (excluding diaryl/α,β-unsaturated/α-hetero) is 1. The van der Waals surface area contributed by atoms with Crippen LogP contribution in [0.5, 0.6) is 0 Å². The predicted octanol–water partition coefficient (Wildman–Crippen LogP) is 3.10. The summed E-state index contributed by atoms with van der Waals surface area (Å²) < 4.78 is 1.97. The summed E-state index contributed by atoms with van der Waals surface area (Å²) >= 11 is 0. The van der Waals surface area contributed by atoms with Gasteiger partial charge in [-0.05, 0) is 32.1 Å². The van der Waals surface area contributed by atoms with Crippen LogP contribution >= 0.6 is 0 Å². The first-order valence-electron chi connectivity index (χ1n) is 9.18. The van der Waals surface area contributed by atoms with E-state index in [1.807, 2.05) is 39.9 Å². The molecule has 4 rings (SSSR count). The second kappa shape index (κ2) is 6.82. The van der Waals surface area contributed by atoms with E-state index in [0.717, 1.165) is 62.0 Å². The van der Waals surface area contributed by atoms with Gasteiger partial charge in [-0.15, -0.1) is 0 Å². The molecule has 1 fully saturated rings. The molecule has 0 saturated carbocycles. The first kappa shape index (κ1) is 16.1. The fourth-order valence-corrected chi connectivity index (χ4v) is 4.03. The highest BCUT2D eigenvalue weighted by Crippen LogP contribution is 2.26. The van der Waals surface area contributed by atoms with Crippen molar-refractivity contribution in [2.24, 2.45) is 0 Å². The molecule has 1 aromatic heterocycles. The van der Waals surface area contributed by atoms with Crippen LogP contribution in [0.15, 0.2) is 36.5 Å². The van der Waals surface area contributed by atoms with Gasteiger partial charge in [0.25, 0.3) is 5.91 Å². The standard InChI is InChI=1S/C20H23N3O2/c24-19(15-7-2-1-3-8-15)13-16-9-6-11-22(16)20(25)17-14-21-23-12-5-4-10-18(17)23/h1-3,7-8,14,16H,4-6,9-13H2/t16-/m1/s1. The molecular formula is C20H23N3O2. The van der Waals surface area contributed by atoms with Crippen LogP contribution in [0.2, 0.25) is 0 Å². The van der Waals surface area contributed by atoms with E-state index >= 15 is 0 Å². The van der Waals surface area contributed by atoms with Crippen molar-refractivity contribution in [3.05, 3.63) is 53.3 Å². The van der Waals surface area contributed by atoms with Crippen LogP contribution in [-0.4, -0.2) is 39.0 Å². The van der Waals surface area contributed by atoms with Gasteiger partial charge in [-0.1, -0.05) is 30.3 Å². The zero-order valence-electron chi connectivity index (χ0n) is 14.4. The molecular weight excluding hydrogens is 314 g/mol. The molecule has 1 atom stereocenters. The average molecular weight is 337 g/mol. The van der Waals surface area contributed by atoms with Crippen LogP contribution in [0.4, 0.5) is 0 Å². The summed E-state index contributed by atoms with van der Waals surface area (Å²) in [5.74, 6) is 0.161. The lowest BCUT2D eigenvalue weighted by molar-refractivity contribution is 0.0715. The van der Waals surface area contributed by atoms with Crippen LogP contribution in [0.1, 0.15) is 58.5 Å². The second-order valence-corrected chi connectivity index (χ2v) is 6.97. The Labute approximate surface area is 147 Å². The Hall–Kier alpha value is -2.43. The van der Waals surface area contributed by atoms with Crippen molar-refractivity contribution >= 4 is 11.7 Å². The normalized spacial score (nSPS) is 19.7. The Morgan fingerprint density at radius 3 is 2.76 bits per heavy atom. The molecule has 2 aliphatic rings. The van der Waals surface area contributed by atoms with E-state index in [4.69, 9.17) is 0 Å². The monoisotopic (exact) mass is 337 g/mol. The molecule has 2 aromatic rings. The highest BCUT2D eigenvalue weighted by molar-refractivity contribution is 5.98. The summed E-state index contributed by atoms with van der Waals surface area (Å²) in [6, 6.07) is 9.36. The van der Waals surface area contributed by atoms with Crippen molar-refractivity contribution in [1.82, 2.24) is 14.7 Å². The van der Waals surface area contributed by atoms with Gasteiger partial charge in [-0.2, -0.15) is 5.10 Å². The van der Waals surface area contributed by atoms with Gasteiger partial charge in [0.05, 0.1) is 17.5 Å². The highest BCUT2D eigenvalue weighted by Gasteiger charge is 2.33. The van der Waals surface area contributed by atoms with Crippen molar-refractivity contribution < 1.29 is 9.59 Å². The quantitative estimate of drug-likeness (QED) is 0.806. The van der Waals surface area contributed by atoms with Crippen LogP contribution in [0, 0.1) is 0 Å². The molecule has 0 unspecified atom stereocenters. The zero-order chi connectivity index (χ0) is 17.2. The number of hydrogen-bond donors (Lipinski definition) is 0. The molecule has 25 heavy (non-hydrogen) atoms. The summed E-state index contributed by atoms with van der Waals surface area (Å²) in [5.41, 5.74) is 2.53. The largest absolute Gasteiger partial charge is 0.335 e. The molecule has 2 aliphatic heterocycles. The summed E-state index contributed by atoms with van der Waals surface area (Å²) in [6.07, 6.45) is 7.14. The molecule has 0 aliphatic carbocycles. The number of benzene rings is 1. The fourth-order valence-electron chi connectivity index (χ4n) is 4.03. The number of aromatic nitrogens is 2. The number of aryl methyl sites for hydroxylation is 1. The summed E-state index contributed by atoms with van der Waals surface area (Å²) in [4.78, 5) is 27.5. The highest BCUT2D eigenvalue weighted by atomic mass is 16.2. The summed E-state index contributed by atoms with van der Waals surface area (Å²) in [6.45, 7) is 1.63. The van der Waals surface area contributed by atoms with Gasteiger partial charge in [0.1, 0.15) is 0 Å². The van der Waals surface area contributed by atoms with Gasteiger partial charge in [0.2, 0.25) is 0 Å². The molecule has 1 saturated heterocycles. The van der Waals surface area contributed by atoms with Crippen molar-refractivity contribution in [3.63, 3.8) is 0 Å². The third kappa shape index (κ3) is 3.11. The van der Waals surface area contributed by atoms with E-state index in [-0.39, 0.29) is 17.7 Å². The number of hydrogen-bond acceptors (Lipinski definition) is 3. The zero-order valence-corrected chi connectivity index (χ0v) is 14.4. The number of fused-ring (bicyclic) bond motifs is 1. The van der Waals surface area contributed by atoms with Crippen LogP contribution in [0.25, 0.3) is 0 Å². The van der Waals surface area contributed by atoms with Crippen LogP contribution in [0.3, 0.4) is 0 Å². The maximum absolute atomic E-state index is 13.1. The van der Waals surface area contributed by atoms with Crippen LogP contribution < -0.4 is 0 Å². The summed E-state index contributed by atoms with van der Waals surface area (Å²) in [7, 11) is 0. The van der Waals surface area contributed by atoms with Crippen molar-refractivity contribution in [2.45, 2.75) is 51.1 Å². The molecule has 5 heteroatoms. The molecule has 0 radical (unpaired) electrons. The lowest BCUT2D eigenvalue weighted by Crippen LogP contribution is -2.37. The molecule has 1 amide bonds. The van der Waals surface area contributed by atoms with E-state index in [0.29, 0.717) is 6.42 Å². The molecule has 3 heterocycles. The lowest BCUT2D eigenvalue weighted by atomic mass is 10.0. The topological polar surface area (TPSA) is 55.2 Å². The molecule has 0 N–H and O–H groups in total. The minimum atomic E-state index is -0.000605. The fraction of sp³-hybridized carbons (Fsp3) is 0.450. The number of carbonyl (C=O) groups excluding carboxylic acids is 2. The number of likely N-dealkylation sites (tertiary alicyclic amines) is 1. The predicted molar refractivity (Wildman–Crippen MR) is 94.6 cm³/mol. The molecule has 130 valence electrons. The smallest absolute Gasteiger partial charge is 0.257 e. The first-order valence-corrected chi connectivity index (χ1v) is 9.18. The third-order valence-corrected chi connectivity index (χ3v) is 5.37. The van der Waals surface area contributed by atoms with Gasteiger partial charge in [-0.3, -0.25) is 14.3 Å². The third-order valence-electron chi connectivity index (χ3n) is 5.37. The Morgan fingerprint density at radius 1 is 1.08 bits per heavy atom. The lowest BCUT2D eigenvalue weighted by Gasteiger charge is -2.25. The first-order chi connectivity index (χ1) is 12.2. The number of ketones is 1. The minimum absolute atomic E-state index is 0.000605. The molecule has 5 nitrogen and oxygen atoms in total. The Balaban J connectivity index is 1.50. The number of carbonyl (C=O) groups is 2. The number of nitrogens with zero attached hydrogens (tertiary/aromatic N) is 3. The van der Waals surface area contributed by atoms with Gasteiger partial charge < -0.3 is 4.90 Å². The van der Waals surface area contributed by atoms with Gasteiger partial charge in [0.15, 0.2) is 5.78 Å². The van der Waals surface area contributed by atoms with Crippen LogP contribution in [-0.2, 0) is 13.0 Å². The number of rotatable bonds is 4. The van der Waals surface area contributed by atoms with Gasteiger partial charge in [0, 0.05) is 31.1 Å². The SMILES string of the molecule is O=C(C[C@H]1CCCN1C(=O)c1cnn2c1CCCC2)c1ccccc1. The number of amides is 1. The van der Waals surface area contributed by atoms with E-state index < -0.39 is 0 Å². The Kier molecular flexibility index (Phi) is 4.38. The molecule has 0 bridgehead atoms. The van der Waals surface area contributed by atoms with E-state index in [9.17, 15) is 9.59 Å². The van der Waals surface area contributed by atoms with Gasteiger partial charge >= 0.3 is 0 Å². The van der Waals surface area contributed by atoms with E-state index in [1.54, 1.807) is 6.20 Å². The molecule has 1 aromatic carbocycles. The van der Waals surface area contributed by atoms with E-state index in [2.05, 4.69) is 5.10 Å². The van der Waals surface area contributed by atoms with Gasteiger partial charge in [-0.25, -0.2) is 0 Å². The second-order valence-electron chi connectivity index (χ2n) is 6.97. The maximum atomic E-state index is 13.1. The summed E-state index contributed by atoms with van der Waals surface area (Å²) in [5, 5.41) is 4.38. The van der Waals surface area contributed by atoms with E-state index in [1.165, 1.54) is 0 Å². The van der Waals surface area contributed by atoms with Crippen molar-refractivity contribution in [1.29, 1.82) is 0 Å². The van der Waals surface area contributed by atoms with Crippen molar-refractivity contribution in [2.75, 3.05) is 6.54 Å². The molecule has 0 spiro atoms. The minimum Gasteiger partial charge on any atom is -0.335 e. The Morgan fingerprint density at radius 2 is 1.92 bits per heavy atom.